The highest BCUT2D eigenvalue weighted by Crippen LogP contribution is 2.28. The molecular weight excluding hydrogens is 326 g/mol. The molecule has 1 atom stereocenters. The van der Waals surface area contributed by atoms with Gasteiger partial charge in [0, 0.05) is 18.3 Å². The molecule has 0 bridgehead atoms. The van der Waals surface area contributed by atoms with Gasteiger partial charge in [-0.1, -0.05) is 29.8 Å². The summed E-state index contributed by atoms with van der Waals surface area (Å²) in [5.74, 6) is -0.374. The number of para-hydroxylation sites is 1. The third kappa shape index (κ3) is 3.12. The van der Waals surface area contributed by atoms with Crippen LogP contribution in [0.25, 0.3) is 0 Å². The molecule has 2 heterocycles. The van der Waals surface area contributed by atoms with E-state index in [9.17, 15) is 9.59 Å². The normalized spacial score (nSPS) is 18.0. The van der Waals surface area contributed by atoms with Crippen molar-refractivity contribution in [2.75, 3.05) is 18.0 Å². The molecule has 0 N–H and O–H groups in total. The lowest BCUT2D eigenvalue weighted by Crippen LogP contribution is -2.57. The fourth-order valence-corrected chi connectivity index (χ4v) is 3.07. The maximum Gasteiger partial charge on any atom is 0.273 e. The van der Waals surface area contributed by atoms with E-state index in [4.69, 9.17) is 11.6 Å². The number of hydrogen-bond donors (Lipinski definition) is 0. The second-order valence-corrected chi connectivity index (χ2v) is 6.31. The van der Waals surface area contributed by atoms with Gasteiger partial charge in [0.1, 0.15) is 12.2 Å². The van der Waals surface area contributed by atoms with Crippen LogP contribution in [0.3, 0.4) is 0 Å². The van der Waals surface area contributed by atoms with E-state index in [0.717, 1.165) is 5.69 Å². The van der Waals surface area contributed by atoms with Crippen LogP contribution in [0.2, 0.25) is 5.02 Å². The van der Waals surface area contributed by atoms with E-state index in [1.165, 1.54) is 0 Å². The molecule has 1 aliphatic rings. The zero-order valence-corrected chi connectivity index (χ0v) is 14.3. The Morgan fingerprint density at radius 3 is 2.67 bits per heavy atom. The summed E-state index contributed by atoms with van der Waals surface area (Å²) in [6.07, 6.45) is 0. The number of anilines is 1. The van der Waals surface area contributed by atoms with Crippen molar-refractivity contribution in [1.29, 1.82) is 0 Å². The number of halogens is 1. The van der Waals surface area contributed by atoms with Crippen molar-refractivity contribution in [3.63, 3.8) is 0 Å². The summed E-state index contributed by atoms with van der Waals surface area (Å²) < 4.78 is 0. The molecule has 1 aromatic heterocycles. The van der Waals surface area contributed by atoms with Gasteiger partial charge in [0.25, 0.3) is 5.91 Å². The molecular formula is C18H18ClN3O2. The topological polar surface area (TPSA) is 53.5 Å². The fraction of sp³-hybridized carbons (Fsp3) is 0.278. The zero-order chi connectivity index (χ0) is 17.3. The van der Waals surface area contributed by atoms with Crippen LogP contribution in [0.4, 0.5) is 5.69 Å². The van der Waals surface area contributed by atoms with Gasteiger partial charge in [-0.05, 0) is 38.1 Å². The van der Waals surface area contributed by atoms with E-state index in [-0.39, 0.29) is 24.4 Å². The molecule has 0 radical (unpaired) electrons. The number of aryl methyl sites for hydroxylation is 1. The standard InChI is InChI=1S/C18H18ClN3O2/c1-12-6-5-8-15(20-12)18(24)21-11-17(23)22(10-13(21)2)16-9-4-3-7-14(16)19/h3-9,13H,10-11H2,1-2H3/t13-/m1/s1. The minimum atomic E-state index is -0.224. The summed E-state index contributed by atoms with van der Waals surface area (Å²) in [5.41, 5.74) is 1.81. The first kappa shape index (κ1) is 16.5. The Morgan fingerprint density at radius 2 is 1.96 bits per heavy atom. The summed E-state index contributed by atoms with van der Waals surface area (Å²) >= 11 is 6.20. The Bertz CT molecular complexity index is 793. The number of carbonyl (C=O) groups is 2. The van der Waals surface area contributed by atoms with Crippen LogP contribution < -0.4 is 4.90 Å². The van der Waals surface area contributed by atoms with E-state index in [2.05, 4.69) is 4.98 Å². The zero-order valence-electron chi connectivity index (χ0n) is 13.6. The van der Waals surface area contributed by atoms with Gasteiger partial charge in [-0.3, -0.25) is 9.59 Å². The average Bonchev–Trinajstić information content (AvgIpc) is 2.56. The quantitative estimate of drug-likeness (QED) is 0.842. The molecule has 0 unspecified atom stereocenters. The summed E-state index contributed by atoms with van der Waals surface area (Å²) in [6.45, 7) is 4.17. The molecule has 2 aromatic rings. The van der Waals surface area contributed by atoms with Gasteiger partial charge in [0.15, 0.2) is 0 Å². The van der Waals surface area contributed by atoms with Crippen molar-refractivity contribution in [2.45, 2.75) is 19.9 Å². The summed E-state index contributed by atoms with van der Waals surface area (Å²) in [4.78, 5) is 32.7. The van der Waals surface area contributed by atoms with E-state index >= 15 is 0 Å². The third-order valence-electron chi connectivity index (χ3n) is 4.10. The molecule has 1 fully saturated rings. The number of amides is 2. The van der Waals surface area contributed by atoms with Gasteiger partial charge in [-0.15, -0.1) is 0 Å². The number of piperazine rings is 1. The van der Waals surface area contributed by atoms with Gasteiger partial charge < -0.3 is 9.80 Å². The molecule has 24 heavy (non-hydrogen) atoms. The van der Waals surface area contributed by atoms with Gasteiger partial charge >= 0.3 is 0 Å². The number of aromatic nitrogens is 1. The Kier molecular flexibility index (Phi) is 4.53. The van der Waals surface area contributed by atoms with Crippen molar-refractivity contribution >= 4 is 29.1 Å². The predicted molar refractivity (Wildman–Crippen MR) is 93.3 cm³/mol. The van der Waals surface area contributed by atoms with Crippen molar-refractivity contribution in [3.05, 3.63) is 58.9 Å². The molecule has 1 aliphatic heterocycles. The monoisotopic (exact) mass is 343 g/mol. The van der Waals surface area contributed by atoms with Crippen LogP contribution in [0, 0.1) is 6.92 Å². The maximum absolute atomic E-state index is 12.7. The van der Waals surface area contributed by atoms with Gasteiger partial charge in [-0.25, -0.2) is 4.98 Å². The number of hydrogen-bond acceptors (Lipinski definition) is 3. The first-order valence-electron chi connectivity index (χ1n) is 7.77. The van der Waals surface area contributed by atoms with Crippen LogP contribution in [0.5, 0.6) is 0 Å². The lowest BCUT2D eigenvalue weighted by Gasteiger charge is -2.39. The van der Waals surface area contributed by atoms with E-state index < -0.39 is 0 Å². The van der Waals surface area contributed by atoms with Crippen LogP contribution in [-0.2, 0) is 4.79 Å². The van der Waals surface area contributed by atoms with Gasteiger partial charge in [0.2, 0.25) is 5.91 Å². The average molecular weight is 344 g/mol. The predicted octanol–water partition coefficient (Wildman–Crippen LogP) is 2.92. The smallest absolute Gasteiger partial charge is 0.273 e. The third-order valence-corrected chi connectivity index (χ3v) is 4.42. The van der Waals surface area contributed by atoms with E-state index in [1.807, 2.05) is 38.1 Å². The second-order valence-electron chi connectivity index (χ2n) is 5.90. The van der Waals surface area contributed by atoms with Crippen LogP contribution in [0.1, 0.15) is 23.1 Å². The lowest BCUT2D eigenvalue weighted by atomic mass is 10.1. The van der Waals surface area contributed by atoms with Gasteiger partial charge in [-0.2, -0.15) is 0 Å². The highest BCUT2D eigenvalue weighted by atomic mass is 35.5. The SMILES string of the molecule is Cc1cccc(C(=O)N2CC(=O)N(c3ccccc3Cl)C[C@H]2C)n1. The molecule has 3 rings (SSSR count). The van der Waals surface area contributed by atoms with Crippen LogP contribution in [-0.4, -0.2) is 40.8 Å². The highest BCUT2D eigenvalue weighted by Gasteiger charge is 2.34. The summed E-state index contributed by atoms with van der Waals surface area (Å²) in [7, 11) is 0. The summed E-state index contributed by atoms with van der Waals surface area (Å²) in [6, 6.07) is 12.4. The lowest BCUT2D eigenvalue weighted by molar-refractivity contribution is -0.121. The Morgan fingerprint density at radius 1 is 1.21 bits per heavy atom. The Labute approximate surface area is 145 Å². The molecule has 0 aliphatic carbocycles. The molecule has 124 valence electrons. The largest absolute Gasteiger partial charge is 0.323 e. The van der Waals surface area contributed by atoms with Crippen molar-refractivity contribution < 1.29 is 9.59 Å². The first-order valence-corrected chi connectivity index (χ1v) is 8.14. The number of carbonyl (C=O) groups excluding carboxylic acids is 2. The Balaban J connectivity index is 1.82. The first-order chi connectivity index (χ1) is 11.5. The molecule has 0 saturated carbocycles. The van der Waals surface area contributed by atoms with Crippen LogP contribution >= 0.6 is 11.6 Å². The number of nitrogens with zero attached hydrogens (tertiary/aromatic N) is 3. The number of rotatable bonds is 2. The molecule has 6 heteroatoms. The Hall–Kier alpha value is -2.40. The van der Waals surface area contributed by atoms with E-state index in [0.29, 0.717) is 22.9 Å². The minimum absolute atomic E-state index is 0.0147. The molecule has 5 nitrogen and oxygen atoms in total. The molecule has 1 saturated heterocycles. The van der Waals surface area contributed by atoms with Crippen molar-refractivity contribution in [2.24, 2.45) is 0 Å². The highest BCUT2D eigenvalue weighted by molar-refractivity contribution is 6.33. The number of benzene rings is 1. The van der Waals surface area contributed by atoms with E-state index in [1.54, 1.807) is 28.0 Å². The van der Waals surface area contributed by atoms with Gasteiger partial charge in [0.05, 0.1) is 10.7 Å². The van der Waals surface area contributed by atoms with Crippen LogP contribution in [0.15, 0.2) is 42.5 Å². The maximum atomic E-state index is 12.7. The molecule has 1 aromatic carbocycles. The molecule has 0 spiro atoms. The number of pyridine rings is 1. The van der Waals surface area contributed by atoms with Crippen molar-refractivity contribution in [1.82, 2.24) is 9.88 Å². The van der Waals surface area contributed by atoms with Crippen molar-refractivity contribution in [3.8, 4) is 0 Å². The minimum Gasteiger partial charge on any atom is -0.323 e. The second kappa shape index (κ2) is 6.61. The fourth-order valence-electron chi connectivity index (χ4n) is 2.84. The summed E-state index contributed by atoms with van der Waals surface area (Å²) in [5, 5.41) is 0.526. The molecule has 2 amide bonds.